The van der Waals surface area contributed by atoms with Gasteiger partial charge in [0.15, 0.2) is 0 Å². The lowest BCUT2D eigenvalue weighted by Crippen LogP contribution is -2.39. The summed E-state index contributed by atoms with van der Waals surface area (Å²) < 4.78 is 1.06. The second-order valence-corrected chi connectivity index (χ2v) is 4.37. The fraction of sp³-hybridized carbons (Fsp3) is 0.364. The summed E-state index contributed by atoms with van der Waals surface area (Å²) in [6.07, 6.45) is 0.825. The van der Waals surface area contributed by atoms with Crippen molar-refractivity contribution < 1.29 is 4.79 Å². The van der Waals surface area contributed by atoms with Crippen molar-refractivity contribution in [3.63, 3.8) is 0 Å². The molecule has 1 rings (SSSR count). The SMILES string of the molecule is C[C@@H](N)C(=O)NCCc1ccc(Br)cc1. The average Bonchev–Trinajstić information content (AvgIpc) is 2.20. The zero-order valence-electron chi connectivity index (χ0n) is 8.66. The van der Waals surface area contributed by atoms with Crippen LogP contribution in [0.15, 0.2) is 28.7 Å². The Hall–Kier alpha value is -0.870. The number of benzene rings is 1. The molecule has 0 aliphatic rings. The van der Waals surface area contributed by atoms with Gasteiger partial charge in [-0.15, -0.1) is 0 Å². The van der Waals surface area contributed by atoms with Gasteiger partial charge in [-0.05, 0) is 31.0 Å². The Labute approximate surface area is 98.2 Å². The molecule has 0 unspecified atom stereocenters. The Balaban J connectivity index is 2.32. The minimum Gasteiger partial charge on any atom is -0.354 e. The zero-order chi connectivity index (χ0) is 11.3. The van der Waals surface area contributed by atoms with Gasteiger partial charge in [0, 0.05) is 11.0 Å². The maximum Gasteiger partial charge on any atom is 0.236 e. The molecule has 4 heteroatoms. The molecule has 0 aliphatic heterocycles. The molecule has 1 aromatic rings. The third-order valence-corrected chi connectivity index (χ3v) is 2.57. The van der Waals surface area contributed by atoms with E-state index in [0.29, 0.717) is 6.54 Å². The molecule has 82 valence electrons. The number of hydrogen-bond donors (Lipinski definition) is 2. The van der Waals surface area contributed by atoms with Crippen molar-refractivity contribution in [1.29, 1.82) is 0 Å². The topological polar surface area (TPSA) is 55.1 Å². The largest absolute Gasteiger partial charge is 0.354 e. The fourth-order valence-electron chi connectivity index (χ4n) is 1.14. The van der Waals surface area contributed by atoms with Crippen LogP contribution in [-0.4, -0.2) is 18.5 Å². The van der Waals surface area contributed by atoms with Gasteiger partial charge in [-0.2, -0.15) is 0 Å². The molecule has 0 radical (unpaired) electrons. The van der Waals surface area contributed by atoms with E-state index >= 15 is 0 Å². The van der Waals surface area contributed by atoms with Crippen molar-refractivity contribution in [2.24, 2.45) is 5.73 Å². The van der Waals surface area contributed by atoms with Crippen LogP contribution in [0.1, 0.15) is 12.5 Å². The summed E-state index contributed by atoms with van der Waals surface area (Å²) in [7, 11) is 0. The van der Waals surface area contributed by atoms with Crippen LogP contribution in [0.5, 0.6) is 0 Å². The number of nitrogens with one attached hydrogen (secondary N) is 1. The summed E-state index contributed by atoms with van der Waals surface area (Å²) in [6.45, 7) is 2.30. The molecule has 1 amide bonds. The van der Waals surface area contributed by atoms with Crippen molar-refractivity contribution in [3.05, 3.63) is 34.3 Å². The number of rotatable bonds is 4. The van der Waals surface area contributed by atoms with E-state index in [1.165, 1.54) is 5.56 Å². The van der Waals surface area contributed by atoms with Crippen molar-refractivity contribution in [1.82, 2.24) is 5.32 Å². The lowest BCUT2D eigenvalue weighted by atomic mass is 10.1. The van der Waals surface area contributed by atoms with Gasteiger partial charge in [-0.25, -0.2) is 0 Å². The number of carbonyl (C=O) groups is 1. The molecule has 15 heavy (non-hydrogen) atoms. The second kappa shape index (κ2) is 5.88. The maximum atomic E-state index is 11.1. The quantitative estimate of drug-likeness (QED) is 0.871. The van der Waals surface area contributed by atoms with Crippen LogP contribution in [0.2, 0.25) is 0 Å². The predicted molar refractivity (Wildman–Crippen MR) is 64.5 cm³/mol. The van der Waals surface area contributed by atoms with E-state index < -0.39 is 6.04 Å². The number of amides is 1. The Morgan fingerprint density at radius 2 is 2.07 bits per heavy atom. The van der Waals surface area contributed by atoms with Gasteiger partial charge in [0.25, 0.3) is 0 Å². The highest BCUT2D eigenvalue weighted by Crippen LogP contribution is 2.10. The summed E-state index contributed by atoms with van der Waals surface area (Å²) in [6, 6.07) is 7.60. The van der Waals surface area contributed by atoms with E-state index in [1.807, 2.05) is 24.3 Å². The molecule has 0 saturated heterocycles. The third kappa shape index (κ3) is 4.44. The molecule has 0 aliphatic carbocycles. The molecule has 0 heterocycles. The molecule has 1 atom stereocenters. The summed E-state index contributed by atoms with van der Waals surface area (Å²) in [5.74, 6) is -0.105. The number of nitrogens with two attached hydrogens (primary N) is 1. The smallest absolute Gasteiger partial charge is 0.236 e. The monoisotopic (exact) mass is 270 g/mol. The summed E-state index contributed by atoms with van der Waals surface area (Å²) in [5.41, 5.74) is 6.61. The van der Waals surface area contributed by atoms with Gasteiger partial charge >= 0.3 is 0 Å². The highest BCUT2D eigenvalue weighted by Gasteiger charge is 2.05. The summed E-state index contributed by atoms with van der Waals surface area (Å²) >= 11 is 3.37. The Kier molecular flexibility index (Phi) is 4.78. The number of carbonyl (C=O) groups excluding carboxylic acids is 1. The molecule has 1 aromatic carbocycles. The lowest BCUT2D eigenvalue weighted by Gasteiger charge is -2.07. The van der Waals surface area contributed by atoms with E-state index in [0.717, 1.165) is 10.9 Å². The molecule has 0 bridgehead atoms. The van der Waals surface area contributed by atoms with Crippen LogP contribution < -0.4 is 11.1 Å². The van der Waals surface area contributed by atoms with Crippen molar-refractivity contribution in [3.8, 4) is 0 Å². The predicted octanol–water partition coefficient (Wildman–Crippen LogP) is 1.46. The van der Waals surface area contributed by atoms with Crippen LogP contribution >= 0.6 is 15.9 Å². The van der Waals surface area contributed by atoms with Gasteiger partial charge in [-0.1, -0.05) is 28.1 Å². The molecule has 0 saturated carbocycles. The first-order valence-electron chi connectivity index (χ1n) is 4.87. The molecule has 3 N–H and O–H groups in total. The van der Waals surface area contributed by atoms with Gasteiger partial charge in [0.05, 0.1) is 6.04 Å². The zero-order valence-corrected chi connectivity index (χ0v) is 10.3. The maximum absolute atomic E-state index is 11.1. The Morgan fingerprint density at radius 3 is 2.60 bits per heavy atom. The second-order valence-electron chi connectivity index (χ2n) is 3.46. The standard InChI is InChI=1S/C11H15BrN2O/c1-8(13)11(15)14-7-6-9-2-4-10(12)5-3-9/h2-5,8H,6-7,13H2,1H3,(H,14,15)/t8-/m1/s1. The van der Waals surface area contributed by atoms with E-state index in [-0.39, 0.29) is 5.91 Å². The Morgan fingerprint density at radius 1 is 1.47 bits per heavy atom. The molecular formula is C11H15BrN2O. The molecular weight excluding hydrogens is 256 g/mol. The normalized spacial score (nSPS) is 12.2. The van der Waals surface area contributed by atoms with Gasteiger partial charge < -0.3 is 11.1 Å². The van der Waals surface area contributed by atoms with Crippen LogP contribution in [0.4, 0.5) is 0 Å². The lowest BCUT2D eigenvalue weighted by molar-refractivity contribution is -0.121. The highest BCUT2D eigenvalue weighted by molar-refractivity contribution is 9.10. The van der Waals surface area contributed by atoms with Crippen LogP contribution in [-0.2, 0) is 11.2 Å². The number of hydrogen-bond acceptors (Lipinski definition) is 2. The first kappa shape index (κ1) is 12.2. The number of halogens is 1. The van der Waals surface area contributed by atoms with Crippen LogP contribution in [0.25, 0.3) is 0 Å². The van der Waals surface area contributed by atoms with E-state index in [1.54, 1.807) is 6.92 Å². The van der Waals surface area contributed by atoms with Gasteiger partial charge in [0.1, 0.15) is 0 Å². The Bertz CT molecular complexity index is 322. The molecule has 0 fully saturated rings. The van der Waals surface area contributed by atoms with Crippen molar-refractivity contribution in [2.45, 2.75) is 19.4 Å². The van der Waals surface area contributed by atoms with E-state index in [9.17, 15) is 4.79 Å². The first-order valence-corrected chi connectivity index (χ1v) is 5.66. The van der Waals surface area contributed by atoms with Gasteiger partial charge in [-0.3, -0.25) is 4.79 Å². The first-order chi connectivity index (χ1) is 7.09. The van der Waals surface area contributed by atoms with E-state index in [4.69, 9.17) is 5.73 Å². The minimum absolute atomic E-state index is 0.105. The van der Waals surface area contributed by atoms with Crippen LogP contribution in [0, 0.1) is 0 Å². The molecule has 3 nitrogen and oxygen atoms in total. The highest BCUT2D eigenvalue weighted by atomic mass is 79.9. The van der Waals surface area contributed by atoms with Crippen LogP contribution in [0.3, 0.4) is 0 Å². The minimum atomic E-state index is -0.435. The molecule has 0 spiro atoms. The van der Waals surface area contributed by atoms with Crippen molar-refractivity contribution >= 4 is 21.8 Å². The van der Waals surface area contributed by atoms with E-state index in [2.05, 4.69) is 21.2 Å². The summed E-state index contributed by atoms with van der Waals surface area (Å²) in [5, 5.41) is 2.77. The van der Waals surface area contributed by atoms with Gasteiger partial charge in [0.2, 0.25) is 5.91 Å². The van der Waals surface area contributed by atoms with Crippen molar-refractivity contribution in [2.75, 3.05) is 6.54 Å². The molecule has 0 aromatic heterocycles. The fourth-order valence-corrected chi connectivity index (χ4v) is 1.41. The summed E-state index contributed by atoms with van der Waals surface area (Å²) in [4.78, 5) is 11.1. The third-order valence-electron chi connectivity index (χ3n) is 2.04. The average molecular weight is 271 g/mol.